The third-order valence-corrected chi connectivity index (χ3v) is 4.35. The van der Waals surface area contributed by atoms with Crippen LogP contribution in [0.5, 0.6) is 0 Å². The van der Waals surface area contributed by atoms with E-state index in [0.717, 1.165) is 5.01 Å². The lowest BCUT2D eigenvalue weighted by Gasteiger charge is -2.10. The van der Waals surface area contributed by atoms with Gasteiger partial charge in [-0.25, -0.2) is 14.3 Å². The average molecular weight is 290 g/mol. The molecule has 0 aliphatic heterocycles. The van der Waals surface area contributed by atoms with Crippen molar-refractivity contribution in [2.75, 3.05) is 0 Å². The van der Waals surface area contributed by atoms with Crippen LogP contribution in [0.4, 0.5) is 0 Å². The molecule has 2 atom stereocenters. The van der Waals surface area contributed by atoms with Gasteiger partial charge in [0.15, 0.2) is 14.9 Å². The molecule has 8 heteroatoms. The molecular weight excluding hydrogens is 272 g/mol. The Labute approximate surface area is 111 Å². The second-order valence-electron chi connectivity index (χ2n) is 4.44. The SMILES string of the molecule is Cc1nc(S(N)(=O)=NC(=O)[C@@H](N)CC(C)C)cs1. The van der Waals surface area contributed by atoms with Gasteiger partial charge in [-0.3, -0.25) is 4.79 Å². The van der Waals surface area contributed by atoms with Gasteiger partial charge in [-0.2, -0.15) is 0 Å². The Balaban J connectivity index is 2.94. The van der Waals surface area contributed by atoms with Crippen LogP contribution in [0, 0.1) is 12.8 Å². The van der Waals surface area contributed by atoms with Crippen molar-refractivity contribution in [1.29, 1.82) is 0 Å². The molecule has 1 aromatic heterocycles. The van der Waals surface area contributed by atoms with Crippen LogP contribution < -0.4 is 10.9 Å². The summed E-state index contributed by atoms with van der Waals surface area (Å²) in [5.41, 5.74) is 5.67. The van der Waals surface area contributed by atoms with Gasteiger partial charge in [-0.15, -0.1) is 15.7 Å². The van der Waals surface area contributed by atoms with E-state index in [1.807, 2.05) is 13.8 Å². The Morgan fingerprint density at radius 1 is 1.61 bits per heavy atom. The Bertz CT molecular complexity index is 544. The highest BCUT2D eigenvalue weighted by Crippen LogP contribution is 2.14. The predicted octanol–water partition coefficient (Wildman–Crippen LogP) is 1.05. The van der Waals surface area contributed by atoms with Crippen LogP contribution in [0.2, 0.25) is 0 Å². The Morgan fingerprint density at radius 3 is 2.67 bits per heavy atom. The van der Waals surface area contributed by atoms with Gasteiger partial charge >= 0.3 is 0 Å². The van der Waals surface area contributed by atoms with Crippen LogP contribution >= 0.6 is 11.3 Å². The van der Waals surface area contributed by atoms with E-state index in [1.165, 1.54) is 11.3 Å². The number of nitrogens with zero attached hydrogens (tertiary/aromatic N) is 2. The molecule has 0 radical (unpaired) electrons. The maximum Gasteiger partial charge on any atom is 0.271 e. The molecule has 0 spiro atoms. The fraction of sp³-hybridized carbons (Fsp3) is 0.600. The zero-order valence-corrected chi connectivity index (χ0v) is 12.3. The van der Waals surface area contributed by atoms with Crippen molar-refractivity contribution < 1.29 is 9.00 Å². The Hall–Kier alpha value is -0.830. The first-order valence-corrected chi connectivity index (χ1v) is 7.94. The minimum atomic E-state index is -3.27. The highest BCUT2D eigenvalue weighted by molar-refractivity contribution is 7.91. The van der Waals surface area contributed by atoms with Crippen LogP contribution in [-0.2, 0) is 14.7 Å². The first-order chi connectivity index (χ1) is 8.22. The van der Waals surface area contributed by atoms with E-state index in [9.17, 15) is 9.00 Å². The summed E-state index contributed by atoms with van der Waals surface area (Å²) in [6.07, 6.45) is 0.480. The molecule has 0 aliphatic carbocycles. The molecule has 0 saturated carbocycles. The highest BCUT2D eigenvalue weighted by atomic mass is 32.2. The Morgan fingerprint density at radius 2 is 2.22 bits per heavy atom. The van der Waals surface area contributed by atoms with Crippen molar-refractivity contribution in [1.82, 2.24) is 4.98 Å². The lowest BCUT2D eigenvalue weighted by atomic mass is 10.0. The maximum absolute atomic E-state index is 12.1. The first-order valence-electron chi connectivity index (χ1n) is 5.49. The number of nitrogens with two attached hydrogens (primary N) is 2. The monoisotopic (exact) mass is 290 g/mol. The van der Waals surface area contributed by atoms with E-state index in [2.05, 4.69) is 9.35 Å². The minimum absolute atomic E-state index is 0.134. The molecule has 0 aromatic carbocycles. The number of hydrogen-bond donors (Lipinski definition) is 2. The van der Waals surface area contributed by atoms with Crippen molar-refractivity contribution in [3.63, 3.8) is 0 Å². The van der Waals surface area contributed by atoms with E-state index < -0.39 is 21.9 Å². The number of carbonyl (C=O) groups excluding carboxylic acids is 1. The molecule has 4 N–H and O–H groups in total. The number of amides is 1. The quantitative estimate of drug-likeness (QED) is 0.863. The second-order valence-corrected chi connectivity index (χ2v) is 7.24. The van der Waals surface area contributed by atoms with Crippen LogP contribution in [-0.4, -0.2) is 21.1 Å². The lowest BCUT2D eigenvalue weighted by molar-refractivity contribution is -0.119. The highest BCUT2D eigenvalue weighted by Gasteiger charge is 2.19. The van der Waals surface area contributed by atoms with Crippen molar-refractivity contribution >= 4 is 27.2 Å². The van der Waals surface area contributed by atoms with Crippen molar-refractivity contribution in [2.45, 2.75) is 38.3 Å². The smallest absolute Gasteiger partial charge is 0.271 e. The number of rotatable bonds is 4. The van der Waals surface area contributed by atoms with Gasteiger partial charge in [0.2, 0.25) is 0 Å². The van der Waals surface area contributed by atoms with Gasteiger partial charge in [0, 0.05) is 5.38 Å². The molecule has 0 saturated heterocycles. The molecule has 0 fully saturated rings. The first kappa shape index (κ1) is 15.2. The van der Waals surface area contributed by atoms with E-state index in [-0.39, 0.29) is 10.9 Å². The summed E-state index contributed by atoms with van der Waals surface area (Å²) in [7, 11) is -3.27. The molecule has 0 bridgehead atoms. The number of hydrogen-bond acceptors (Lipinski definition) is 5. The molecular formula is C10H18N4O2S2. The number of carbonyl (C=O) groups is 1. The van der Waals surface area contributed by atoms with E-state index >= 15 is 0 Å². The molecule has 6 nitrogen and oxygen atoms in total. The van der Waals surface area contributed by atoms with Crippen LogP contribution in [0.3, 0.4) is 0 Å². The van der Waals surface area contributed by atoms with E-state index in [1.54, 1.807) is 12.3 Å². The summed E-state index contributed by atoms with van der Waals surface area (Å²) in [6.45, 7) is 5.64. The number of aryl methyl sites for hydroxylation is 1. The summed E-state index contributed by atoms with van der Waals surface area (Å²) < 4.78 is 15.6. The maximum atomic E-state index is 12.1. The molecule has 0 aliphatic rings. The third kappa shape index (κ3) is 4.13. The largest absolute Gasteiger partial charge is 0.320 e. The zero-order valence-electron chi connectivity index (χ0n) is 10.6. The minimum Gasteiger partial charge on any atom is -0.320 e. The van der Waals surface area contributed by atoms with E-state index in [4.69, 9.17) is 10.9 Å². The molecule has 18 heavy (non-hydrogen) atoms. The predicted molar refractivity (Wildman–Crippen MR) is 72.3 cm³/mol. The number of aromatic nitrogens is 1. The standard InChI is InChI=1S/C10H18N4O2S2/c1-6(2)4-8(11)10(15)14-18(12,16)9-5-17-7(3)13-9/h5-6,8H,4,11H2,1-3H3,(H2,12,14,15,16)/t8-,18?/m0/s1. The van der Waals surface area contributed by atoms with Crippen molar-refractivity contribution in [2.24, 2.45) is 21.2 Å². The van der Waals surface area contributed by atoms with Crippen molar-refractivity contribution in [3.8, 4) is 0 Å². The molecule has 102 valence electrons. The molecule has 1 rings (SSSR count). The van der Waals surface area contributed by atoms with Gasteiger partial charge in [0.1, 0.15) is 0 Å². The average Bonchev–Trinajstić information content (AvgIpc) is 2.63. The number of thiazole rings is 1. The second kappa shape index (κ2) is 5.87. The summed E-state index contributed by atoms with van der Waals surface area (Å²) in [6, 6.07) is -0.769. The summed E-state index contributed by atoms with van der Waals surface area (Å²) in [4.78, 5) is 15.7. The van der Waals surface area contributed by atoms with Gasteiger partial charge in [-0.05, 0) is 19.3 Å². The summed E-state index contributed by atoms with van der Waals surface area (Å²) in [5, 5.41) is 7.95. The van der Waals surface area contributed by atoms with Crippen LogP contribution in [0.15, 0.2) is 14.8 Å². The molecule has 1 aromatic rings. The van der Waals surface area contributed by atoms with Gasteiger partial charge in [-0.1, -0.05) is 13.8 Å². The Kier molecular flexibility index (Phi) is 4.97. The third-order valence-electron chi connectivity index (χ3n) is 2.17. The van der Waals surface area contributed by atoms with E-state index in [0.29, 0.717) is 6.42 Å². The zero-order chi connectivity index (χ0) is 13.9. The summed E-state index contributed by atoms with van der Waals surface area (Å²) in [5.74, 6) is -0.378. The lowest BCUT2D eigenvalue weighted by Crippen LogP contribution is -2.32. The normalized spacial score (nSPS) is 16.3. The van der Waals surface area contributed by atoms with Crippen LogP contribution in [0.1, 0.15) is 25.3 Å². The van der Waals surface area contributed by atoms with Crippen molar-refractivity contribution in [3.05, 3.63) is 10.4 Å². The topological polar surface area (TPSA) is 111 Å². The molecule has 1 heterocycles. The van der Waals surface area contributed by atoms with Gasteiger partial charge < -0.3 is 5.73 Å². The summed E-state index contributed by atoms with van der Waals surface area (Å²) >= 11 is 1.30. The molecule has 1 unspecified atom stereocenters. The van der Waals surface area contributed by atoms with Gasteiger partial charge in [0.05, 0.1) is 11.0 Å². The fourth-order valence-electron chi connectivity index (χ4n) is 1.33. The van der Waals surface area contributed by atoms with Crippen LogP contribution in [0.25, 0.3) is 0 Å². The fourth-order valence-corrected chi connectivity index (χ4v) is 3.33. The molecule has 1 amide bonds. The van der Waals surface area contributed by atoms with Gasteiger partial charge in [0.25, 0.3) is 5.91 Å².